The molecule has 2 aromatic rings. The van der Waals surface area contributed by atoms with Crippen LogP contribution in [-0.2, 0) is 16.1 Å². The number of Topliss-reactive ketones (excluding diaryl/α,β-unsaturated/α-hetero) is 1. The third-order valence-electron chi connectivity index (χ3n) is 6.83. The number of carbonyl (C=O) groups excluding carboxylic acids is 3. The van der Waals surface area contributed by atoms with Gasteiger partial charge in [-0.2, -0.15) is 13.2 Å². The first kappa shape index (κ1) is 28.2. The average Bonchev–Trinajstić information content (AvgIpc) is 3.07. The van der Waals surface area contributed by atoms with E-state index in [1.54, 1.807) is 38.1 Å². The van der Waals surface area contributed by atoms with E-state index in [0.717, 1.165) is 4.90 Å². The number of halogens is 3. The monoisotopic (exact) mass is 544 g/mol. The quantitative estimate of drug-likeness (QED) is 0.518. The van der Waals surface area contributed by atoms with Crippen LogP contribution in [0.5, 0.6) is 11.5 Å². The molecule has 1 heterocycles. The molecule has 0 spiro atoms. The number of ether oxygens (including phenoxy) is 2. The van der Waals surface area contributed by atoms with E-state index in [-0.39, 0.29) is 36.8 Å². The summed E-state index contributed by atoms with van der Waals surface area (Å²) >= 11 is 0. The molecule has 2 aliphatic rings. The van der Waals surface area contributed by atoms with Crippen molar-refractivity contribution in [2.45, 2.75) is 64.9 Å². The second-order valence-corrected chi connectivity index (χ2v) is 10.9. The number of hydrogen-bond donors (Lipinski definition) is 1. The van der Waals surface area contributed by atoms with Gasteiger partial charge < -0.3 is 19.7 Å². The number of amides is 2. The largest absolute Gasteiger partial charge is 0.497 e. The van der Waals surface area contributed by atoms with Gasteiger partial charge in [-0.05, 0) is 67.6 Å². The number of benzene rings is 2. The highest BCUT2D eigenvalue weighted by Crippen LogP contribution is 2.52. The molecule has 0 saturated carbocycles. The Labute approximate surface area is 225 Å². The van der Waals surface area contributed by atoms with Crippen molar-refractivity contribution in [3.05, 3.63) is 70.9 Å². The highest BCUT2D eigenvalue weighted by Gasteiger charge is 2.71. The summed E-state index contributed by atoms with van der Waals surface area (Å²) in [4.78, 5) is 41.3. The molecular weight excluding hydrogens is 513 g/mol. The van der Waals surface area contributed by atoms with Gasteiger partial charge in [0.15, 0.2) is 5.78 Å². The Morgan fingerprint density at radius 3 is 2.13 bits per heavy atom. The number of hydrogen-bond acceptors (Lipinski definition) is 5. The van der Waals surface area contributed by atoms with Crippen LogP contribution in [0.2, 0.25) is 0 Å². The van der Waals surface area contributed by atoms with Crippen LogP contribution in [0.4, 0.5) is 13.2 Å². The van der Waals surface area contributed by atoms with Gasteiger partial charge >= 0.3 is 6.18 Å². The van der Waals surface area contributed by atoms with Gasteiger partial charge in [0.25, 0.3) is 11.8 Å². The lowest BCUT2D eigenvalue weighted by molar-refractivity contribution is -0.190. The van der Waals surface area contributed by atoms with Gasteiger partial charge in [0, 0.05) is 17.7 Å². The zero-order valence-corrected chi connectivity index (χ0v) is 22.4. The zero-order chi connectivity index (χ0) is 28.8. The standard InChI is InChI=1S/C29H31F3N2O5/c1-17(2)39-21-12-8-19(9-13-21)25(36)33-28(29(30,31)32)24-22(14-27(3,4)15-23(24)35)34(26(28)37)16-18-6-10-20(38-5)11-7-18/h6-13,17H,14-16H2,1-5H3,(H,33,36). The smallest absolute Gasteiger partial charge is 0.425 e. The van der Waals surface area contributed by atoms with E-state index in [1.165, 1.54) is 31.4 Å². The molecule has 0 radical (unpaired) electrons. The molecule has 39 heavy (non-hydrogen) atoms. The van der Waals surface area contributed by atoms with Crippen LogP contribution in [0.25, 0.3) is 0 Å². The van der Waals surface area contributed by atoms with Gasteiger partial charge in [0.2, 0.25) is 5.54 Å². The number of nitrogens with one attached hydrogen (secondary N) is 1. The second-order valence-electron chi connectivity index (χ2n) is 10.9. The number of allylic oxidation sites excluding steroid dienone is 1. The molecule has 208 valence electrons. The summed E-state index contributed by atoms with van der Waals surface area (Å²) in [7, 11) is 1.48. The Morgan fingerprint density at radius 2 is 1.59 bits per heavy atom. The van der Waals surface area contributed by atoms with Gasteiger partial charge in [-0.25, -0.2) is 0 Å². The van der Waals surface area contributed by atoms with Crippen molar-refractivity contribution in [1.82, 2.24) is 10.2 Å². The van der Waals surface area contributed by atoms with Crippen molar-refractivity contribution in [3.63, 3.8) is 0 Å². The van der Waals surface area contributed by atoms with Gasteiger partial charge in [0.1, 0.15) is 11.5 Å². The molecule has 0 bridgehead atoms. The fourth-order valence-electron chi connectivity index (χ4n) is 5.11. The Bertz CT molecular complexity index is 1310. The molecule has 2 amide bonds. The molecule has 1 N–H and O–H groups in total. The summed E-state index contributed by atoms with van der Waals surface area (Å²) in [6, 6.07) is 12.1. The average molecular weight is 545 g/mol. The Hall–Kier alpha value is -3.82. The lowest BCUT2D eigenvalue weighted by Crippen LogP contribution is -2.66. The van der Waals surface area contributed by atoms with Gasteiger partial charge in [0.05, 0.1) is 25.3 Å². The van der Waals surface area contributed by atoms with Crippen LogP contribution >= 0.6 is 0 Å². The van der Waals surface area contributed by atoms with Crippen LogP contribution in [0.1, 0.15) is 56.5 Å². The van der Waals surface area contributed by atoms with Gasteiger partial charge in [-0.15, -0.1) is 0 Å². The summed E-state index contributed by atoms with van der Waals surface area (Å²) in [5, 5.41) is 1.95. The van der Waals surface area contributed by atoms with E-state index in [2.05, 4.69) is 0 Å². The van der Waals surface area contributed by atoms with E-state index in [0.29, 0.717) is 17.1 Å². The fraction of sp³-hybridized carbons (Fsp3) is 0.414. The normalized spacial score (nSPS) is 20.8. The Kier molecular flexibility index (Phi) is 7.27. The predicted octanol–water partition coefficient (Wildman–Crippen LogP) is 5.20. The highest BCUT2D eigenvalue weighted by molar-refractivity contribution is 6.14. The van der Waals surface area contributed by atoms with E-state index in [1.807, 2.05) is 19.2 Å². The van der Waals surface area contributed by atoms with Crippen molar-refractivity contribution < 1.29 is 37.0 Å². The molecule has 4 rings (SSSR count). The number of methoxy groups -OCH3 is 1. The van der Waals surface area contributed by atoms with Crippen molar-refractivity contribution >= 4 is 17.6 Å². The number of alkyl halides is 3. The topological polar surface area (TPSA) is 84.9 Å². The van der Waals surface area contributed by atoms with Crippen molar-refractivity contribution in [1.29, 1.82) is 0 Å². The van der Waals surface area contributed by atoms with Crippen molar-refractivity contribution in [3.8, 4) is 11.5 Å². The summed E-state index contributed by atoms with van der Waals surface area (Å²) in [5.74, 6) is -2.38. The summed E-state index contributed by atoms with van der Waals surface area (Å²) in [6.07, 6.45) is -5.56. The maximum atomic E-state index is 15.0. The highest BCUT2D eigenvalue weighted by atomic mass is 19.4. The third kappa shape index (κ3) is 5.24. The molecule has 10 heteroatoms. The van der Waals surface area contributed by atoms with Crippen molar-refractivity contribution in [2.75, 3.05) is 7.11 Å². The van der Waals surface area contributed by atoms with Crippen LogP contribution in [0, 0.1) is 5.41 Å². The maximum Gasteiger partial charge on any atom is 0.425 e. The molecular formula is C29H31F3N2O5. The first-order valence-corrected chi connectivity index (χ1v) is 12.6. The molecule has 1 unspecified atom stereocenters. The molecule has 0 fully saturated rings. The van der Waals surface area contributed by atoms with Crippen molar-refractivity contribution in [2.24, 2.45) is 5.41 Å². The minimum Gasteiger partial charge on any atom is -0.497 e. The first-order valence-electron chi connectivity index (χ1n) is 12.6. The maximum absolute atomic E-state index is 15.0. The lowest BCUT2D eigenvalue weighted by Gasteiger charge is -2.35. The Balaban J connectivity index is 1.78. The number of ketones is 1. The molecule has 2 aromatic carbocycles. The van der Waals surface area contributed by atoms with E-state index in [4.69, 9.17) is 9.47 Å². The van der Waals surface area contributed by atoms with E-state index in [9.17, 15) is 14.4 Å². The number of nitrogens with zero attached hydrogens (tertiary/aromatic N) is 1. The Morgan fingerprint density at radius 1 is 1.00 bits per heavy atom. The lowest BCUT2D eigenvalue weighted by atomic mass is 9.72. The minimum atomic E-state index is -5.28. The molecule has 7 nitrogen and oxygen atoms in total. The number of rotatable bonds is 7. The van der Waals surface area contributed by atoms with Gasteiger partial charge in [-0.1, -0.05) is 26.0 Å². The third-order valence-corrected chi connectivity index (χ3v) is 6.83. The molecule has 1 aliphatic carbocycles. The number of carbonyl (C=O) groups is 3. The second kappa shape index (κ2) is 10.1. The van der Waals surface area contributed by atoms with Gasteiger partial charge in [-0.3, -0.25) is 14.4 Å². The zero-order valence-electron chi connectivity index (χ0n) is 22.4. The van der Waals surface area contributed by atoms with E-state index >= 15 is 13.2 Å². The fourth-order valence-corrected chi connectivity index (χ4v) is 5.11. The minimum absolute atomic E-state index is 0.0182. The van der Waals surface area contributed by atoms with Crippen LogP contribution in [0.15, 0.2) is 59.8 Å². The molecule has 0 saturated heterocycles. The summed E-state index contributed by atoms with van der Waals surface area (Å²) in [6.45, 7) is 6.94. The van der Waals surface area contributed by atoms with E-state index < -0.39 is 40.3 Å². The molecule has 0 aromatic heterocycles. The first-order chi connectivity index (χ1) is 18.2. The van der Waals surface area contributed by atoms with Crippen LogP contribution < -0.4 is 14.8 Å². The SMILES string of the molecule is COc1ccc(CN2C(=O)C(NC(=O)c3ccc(OC(C)C)cc3)(C(F)(F)F)C3=C2CC(C)(C)CC3=O)cc1. The predicted molar refractivity (Wildman–Crippen MR) is 137 cm³/mol. The summed E-state index contributed by atoms with van der Waals surface area (Å²) in [5.41, 5.74) is -4.48. The van der Waals surface area contributed by atoms with Crippen LogP contribution in [0.3, 0.4) is 0 Å². The molecule has 1 atom stereocenters. The molecule has 1 aliphatic heterocycles. The summed E-state index contributed by atoms with van der Waals surface area (Å²) < 4.78 is 55.7. The van der Waals surface area contributed by atoms with Crippen LogP contribution in [-0.4, -0.2) is 47.4 Å².